The van der Waals surface area contributed by atoms with E-state index < -0.39 is 0 Å². The molecule has 1 aliphatic rings. The van der Waals surface area contributed by atoms with Gasteiger partial charge in [0.25, 0.3) is 0 Å². The maximum Gasteiger partial charge on any atom is 0.0679 e. The zero-order valence-electron chi connectivity index (χ0n) is 8.72. The van der Waals surface area contributed by atoms with Crippen LogP contribution in [0.4, 0.5) is 0 Å². The molecule has 1 heterocycles. The van der Waals surface area contributed by atoms with Crippen molar-refractivity contribution in [1.82, 2.24) is 0 Å². The van der Waals surface area contributed by atoms with E-state index in [2.05, 4.69) is 6.92 Å². The van der Waals surface area contributed by atoms with E-state index in [0.29, 0.717) is 5.02 Å². The van der Waals surface area contributed by atoms with Crippen LogP contribution in [-0.4, -0.2) is 12.2 Å². The number of aryl methyl sites for hydroxylation is 1. The molecule has 1 saturated heterocycles. The topological polar surface area (TPSA) is 9.23 Å². The standard InChI is InChI=1S/C12H14Cl2O/c1-12(6-7-15-12)5-4-9-2-3-10(13)8-11(9)14/h2-3,8H,4-7H2,1H3. The van der Waals surface area contributed by atoms with E-state index in [4.69, 9.17) is 27.9 Å². The van der Waals surface area contributed by atoms with Crippen molar-refractivity contribution < 1.29 is 4.74 Å². The number of hydrogen-bond donors (Lipinski definition) is 0. The highest BCUT2D eigenvalue weighted by atomic mass is 35.5. The third-order valence-corrected chi connectivity index (χ3v) is 3.61. The molecule has 1 aliphatic heterocycles. The molecule has 0 saturated carbocycles. The first-order valence-corrected chi connectivity index (χ1v) is 5.93. The Hall–Kier alpha value is -0.240. The van der Waals surface area contributed by atoms with Gasteiger partial charge in [0.1, 0.15) is 0 Å². The highest BCUT2D eigenvalue weighted by Gasteiger charge is 2.32. The predicted octanol–water partition coefficient (Wildman–Crippen LogP) is 4.11. The average molecular weight is 245 g/mol. The third kappa shape index (κ3) is 2.66. The molecule has 82 valence electrons. The van der Waals surface area contributed by atoms with E-state index in [-0.39, 0.29) is 5.60 Å². The molecule has 0 aliphatic carbocycles. The molecule has 1 aromatic carbocycles. The first-order valence-electron chi connectivity index (χ1n) is 5.17. The lowest BCUT2D eigenvalue weighted by molar-refractivity contribution is -0.137. The smallest absolute Gasteiger partial charge is 0.0679 e. The minimum Gasteiger partial charge on any atom is -0.375 e. The van der Waals surface area contributed by atoms with Crippen LogP contribution in [0, 0.1) is 0 Å². The van der Waals surface area contributed by atoms with E-state index in [1.54, 1.807) is 6.07 Å². The molecule has 1 nitrogen and oxygen atoms in total. The zero-order valence-corrected chi connectivity index (χ0v) is 10.2. The second-order valence-electron chi connectivity index (χ2n) is 4.28. The van der Waals surface area contributed by atoms with Gasteiger partial charge in [-0.3, -0.25) is 0 Å². The van der Waals surface area contributed by atoms with E-state index in [1.807, 2.05) is 12.1 Å². The first kappa shape index (κ1) is 11.3. The summed E-state index contributed by atoms with van der Waals surface area (Å²) in [5.41, 5.74) is 1.22. The lowest BCUT2D eigenvalue weighted by Gasteiger charge is -2.38. The molecule has 0 N–H and O–H groups in total. The molecule has 0 bridgehead atoms. The molecule has 15 heavy (non-hydrogen) atoms. The van der Waals surface area contributed by atoms with Crippen LogP contribution in [0.15, 0.2) is 18.2 Å². The highest BCUT2D eigenvalue weighted by molar-refractivity contribution is 6.35. The van der Waals surface area contributed by atoms with Crippen LogP contribution in [0.3, 0.4) is 0 Å². The van der Waals surface area contributed by atoms with Crippen molar-refractivity contribution in [2.75, 3.05) is 6.61 Å². The summed E-state index contributed by atoms with van der Waals surface area (Å²) in [7, 11) is 0. The van der Waals surface area contributed by atoms with Gasteiger partial charge in [-0.2, -0.15) is 0 Å². The maximum atomic E-state index is 6.09. The Morgan fingerprint density at radius 1 is 1.40 bits per heavy atom. The van der Waals surface area contributed by atoms with Gasteiger partial charge in [-0.05, 0) is 43.9 Å². The third-order valence-electron chi connectivity index (χ3n) is 3.02. The zero-order chi connectivity index (χ0) is 10.9. The highest BCUT2D eigenvalue weighted by Crippen LogP contribution is 2.32. The fourth-order valence-corrected chi connectivity index (χ4v) is 2.27. The van der Waals surface area contributed by atoms with Crippen molar-refractivity contribution in [3.8, 4) is 0 Å². The summed E-state index contributed by atoms with van der Waals surface area (Å²) in [6, 6.07) is 5.67. The van der Waals surface area contributed by atoms with Gasteiger partial charge in [-0.1, -0.05) is 29.3 Å². The second-order valence-corrected chi connectivity index (χ2v) is 5.13. The molecule has 1 atom stereocenters. The Bertz CT molecular complexity index is 359. The van der Waals surface area contributed by atoms with E-state index in [0.717, 1.165) is 36.5 Å². The van der Waals surface area contributed by atoms with Crippen LogP contribution in [0.5, 0.6) is 0 Å². The van der Waals surface area contributed by atoms with Gasteiger partial charge in [-0.15, -0.1) is 0 Å². The van der Waals surface area contributed by atoms with Gasteiger partial charge < -0.3 is 4.74 Å². The van der Waals surface area contributed by atoms with Crippen molar-refractivity contribution in [3.05, 3.63) is 33.8 Å². The van der Waals surface area contributed by atoms with Crippen molar-refractivity contribution in [1.29, 1.82) is 0 Å². The molecule has 1 unspecified atom stereocenters. The number of ether oxygens (including phenoxy) is 1. The molecule has 2 rings (SSSR count). The molecule has 1 fully saturated rings. The van der Waals surface area contributed by atoms with Crippen LogP contribution in [0.1, 0.15) is 25.3 Å². The van der Waals surface area contributed by atoms with Crippen LogP contribution in [0.2, 0.25) is 10.0 Å². The summed E-state index contributed by atoms with van der Waals surface area (Å²) >= 11 is 11.9. The summed E-state index contributed by atoms with van der Waals surface area (Å²) in [4.78, 5) is 0. The largest absolute Gasteiger partial charge is 0.375 e. The summed E-state index contributed by atoms with van der Waals surface area (Å²) < 4.78 is 5.53. The van der Waals surface area contributed by atoms with Crippen LogP contribution < -0.4 is 0 Å². The minimum atomic E-state index is 0.0724. The number of benzene rings is 1. The van der Waals surface area contributed by atoms with Gasteiger partial charge in [0.2, 0.25) is 0 Å². The van der Waals surface area contributed by atoms with Crippen LogP contribution in [-0.2, 0) is 11.2 Å². The van der Waals surface area contributed by atoms with Gasteiger partial charge >= 0.3 is 0 Å². The van der Waals surface area contributed by atoms with E-state index in [9.17, 15) is 0 Å². The fourth-order valence-electron chi connectivity index (χ4n) is 1.77. The Labute approximate surface area is 100 Å². The van der Waals surface area contributed by atoms with Crippen molar-refractivity contribution in [2.45, 2.75) is 31.8 Å². The number of halogens is 2. The number of hydrogen-bond acceptors (Lipinski definition) is 1. The molecule has 0 radical (unpaired) electrons. The normalized spacial score (nSPS) is 25.0. The quantitative estimate of drug-likeness (QED) is 0.778. The van der Waals surface area contributed by atoms with Crippen molar-refractivity contribution >= 4 is 23.2 Å². The number of rotatable bonds is 3. The molecule has 3 heteroatoms. The van der Waals surface area contributed by atoms with Crippen molar-refractivity contribution in [2.24, 2.45) is 0 Å². The van der Waals surface area contributed by atoms with Crippen LogP contribution >= 0.6 is 23.2 Å². The van der Waals surface area contributed by atoms with E-state index >= 15 is 0 Å². The summed E-state index contributed by atoms with van der Waals surface area (Å²) in [5.74, 6) is 0. The molecular weight excluding hydrogens is 231 g/mol. The summed E-state index contributed by atoms with van der Waals surface area (Å²) in [6.45, 7) is 3.05. The Morgan fingerprint density at radius 3 is 2.67 bits per heavy atom. The second kappa shape index (κ2) is 4.32. The maximum absolute atomic E-state index is 6.09. The van der Waals surface area contributed by atoms with E-state index in [1.165, 1.54) is 0 Å². The lowest BCUT2D eigenvalue weighted by Crippen LogP contribution is -2.40. The molecule has 1 aromatic rings. The molecule has 0 amide bonds. The predicted molar refractivity (Wildman–Crippen MR) is 63.8 cm³/mol. The summed E-state index contributed by atoms with van der Waals surface area (Å²) in [5, 5.41) is 1.44. The lowest BCUT2D eigenvalue weighted by atomic mass is 9.90. The Kier molecular flexibility index (Phi) is 3.24. The van der Waals surface area contributed by atoms with Gasteiger partial charge in [0.05, 0.1) is 12.2 Å². The van der Waals surface area contributed by atoms with Gasteiger partial charge in [-0.25, -0.2) is 0 Å². The molecular formula is C12H14Cl2O. The monoisotopic (exact) mass is 244 g/mol. The Morgan fingerprint density at radius 2 is 2.13 bits per heavy atom. The fraction of sp³-hybridized carbons (Fsp3) is 0.500. The molecule has 0 spiro atoms. The molecule has 0 aromatic heterocycles. The van der Waals surface area contributed by atoms with Gasteiger partial charge in [0.15, 0.2) is 0 Å². The SMILES string of the molecule is CC1(CCc2ccc(Cl)cc2Cl)CCO1. The minimum absolute atomic E-state index is 0.0724. The van der Waals surface area contributed by atoms with Crippen LogP contribution in [0.25, 0.3) is 0 Å². The van der Waals surface area contributed by atoms with Crippen molar-refractivity contribution in [3.63, 3.8) is 0 Å². The first-order chi connectivity index (χ1) is 7.09. The Balaban J connectivity index is 1.98. The summed E-state index contributed by atoms with van der Waals surface area (Å²) in [6.07, 6.45) is 3.12. The average Bonchev–Trinajstić information content (AvgIpc) is 2.14. The van der Waals surface area contributed by atoms with Gasteiger partial charge in [0, 0.05) is 10.0 Å².